The molecular formula is C35H49ClN6O5S. The molecule has 262 valence electrons. The Labute approximate surface area is 289 Å². The molecule has 48 heavy (non-hydrogen) atoms. The van der Waals surface area contributed by atoms with E-state index in [2.05, 4.69) is 65.7 Å². The van der Waals surface area contributed by atoms with Crippen LogP contribution in [0.3, 0.4) is 0 Å². The van der Waals surface area contributed by atoms with Gasteiger partial charge in [0.05, 0.1) is 28.6 Å². The molecule has 0 radical (unpaired) electrons. The van der Waals surface area contributed by atoms with Gasteiger partial charge in [0, 0.05) is 44.5 Å². The van der Waals surface area contributed by atoms with Gasteiger partial charge in [0.2, 0.25) is 10.0 Å². The van der Waals surface area contributed by atoms with Gasteiger partial charge >= 0.3 is 0 Å². The Balaban J connectivity index is 1.54. The van der Waals surface area contributed by atoms with Crippen LogP contribution < -0.4 is 25.0 Å². The van der Waals surface area contributed by atoms with Crippen molar-refractivity contribution >= 4 is 39.2 Å². The van der Waals surface area contributed by atoms with Crippen LogP contribution in [0.15, 0.2) is 54.9 Å². The number of aromatic nitrogens is 2. The van der Waals surface area contributed by atoms with Gasteiger partial charge in [-0.05, 0) is 60.8 Å². The van der Waals surface area contributed by atoms with E-state index in [1.807, 2.05) is 12.1 Å². The number of carbonyl (C=O) groups excluding carboxylic acids is 1. The molecule has 0 bridgehead atoms. The summed E-state index contributed by atoms with van der Waals surface area (Å²) in [6.45, 7) is 13.1. The number of benzene rings is 1. The lowest BCUT2D eigenvalue weighted by Gasteiger charge is -2.26. The summed E-state index contributed by atoms with van der Waals surface area (Å²) in [5.41, 5.74) is 2.47. The average Bonchev–Trinajstić information content (AvgIpc) is 3.75. The Morgan fingerprint density at radius 1 is 1.17 bits per heavy atom. The molecule has 4 rings (SSSR count). The summed E-state index contributed by atoms with van der Waals surface area (Å²) >= 11 is 6.09. The summed E-state index contributed by atoms with van der Waals surface area (Å²) in [5.74, 6) is 1.45. The SMILES string of the molecule is CC1CC1CNc1cc(C(=O)NC(COc2cncc(Cl)c2)C(O)CNCc2cccc(C(C)(C)C)c2)cc(N(C)S(=O)(=O)C(C)C)n1. The monoisotopic (exact) mass is 700 g/mol. The van der Waals surface area contributed by atoms with Crippen LogP contribution in [-0.4, -0.2) is 73.5 Å². The Hall–Kier alpha value is -3.45. The number of ether oxygens (including phenoxy) is 1. The summed E-state index contributed by atoms with van der Waals surface area (Å²) < 4.78 is 33.0. The minimum absolute atomic E-state index is 0.00371. The lowest BCUT2D eigenvalue weighted by molar-refractivity contribution is 0.0732. The number of aliphatic hydroxyl groups is 1. The van der Waals surface area contributed by atoms with Crippen LogP contribution in [0.2, 0.25) is 5.02 Å². The van der Waals surface area contributed by atoms with E-state index in [9.17, 15) is 18.3 Å². The first-order valence-electron chi connectivity index (χ1n) is 16.3. The highest BCUT2D eigenvalue weighted by atomic mass is 35.5. The maximum absolute atomic E-state index is 13.8. The summed E-state index contributed by atoms with van der Waals surface area (Å²) in [7, 11) is -2.29. The maximum atomic E-state index is 13.8. The molecule has 1 fully saturated rings. The van der Waals surface area contributed by atoms with Gasteiger partial charge in [-0.25, -0.2) is 13.4 Å². The second-order valence-electron chi connectivity index (χ2n) is 13.9. The zero-order valence-corrected chi connectivity index (χ0v) is 30.4. The van der Waals surface area contributed by atoms with Crippen molar-refractivity contribution in [2.45, 2.75) is 77.3 Å². The largest absolute Gasteiger partial charge is 0.490 e. The number of aliphatic hydroxyl groups excluding tert-OH is 1. The molecule has 2 aromatic heterocycles. The second kappa shape index (κ2) is 15.8. The molecule has 4 N–H and O–H groups in total. The fraction of sp³-hybridized carbons (Fsp3) is 0.514. The Morgan fingerprint density at radius 3 is 2.54 bits per heavy atom. The van der Waals surface area contributed by atoms with Crippen LogP contribution in [0, 0.1) is 11.8 Å². The molecule has 1 amide bonds. The van der Waals surface area contributed by atoms with E-state index < -0.39 is 33.3 Å². The highest BCUT2D eigenvalue weighted by Gasteiger charge is 2.32. The highest BCUT2D eigenvalue weighted by Crippen LogP contribution is 2.37. The van der Waals surface area contributed by atoms with Crippen molar-refractivity contribution in [2.75, 3.05) is 36.4 Å². The van der Waals surface area contributed by atoms with Crippen molar-refractivity contribution in [1.82, 2.24) is 20.6 Å². The molecule has 0 spiro atoms. The summed E-state index contributed by atoms with van der Waals surface area (Å²) in [5, 5.41) is 20.5. The first-order chi connectivity index (χ1) is 22.5. The molecule has 3 aromatic rings. The Bertz CT molecular complexity index is 1670. The predicted octanol–water partition coefficient (Wildman–Crippen LogP) is 5.00. The van der Waals surface area contributed by atoms with Crippen LogP contribution in [0.25, 0.3) is 0 Å². The molecule has 1 aliphatic carbocycles. The number of carbonyl (C=O) groups is 1. The first kappa shape index (κ1) is 37.4. The quantitative estimate of drug-likeness (QED) is 0.162. The van der Waals surface area contributed by atoms with Gasteiger partial charge in [0.1, 0.15) is 24.0 Å². The van der Waals surface area contributed by atoms with Gasteiger partial charge in [-0.15, -0.1) is 0 Å². The number of hydrogen-bond acceptors (Lipinski definition) is 9. The third-order valence-electron chi connectivity index (χ3n) is 8.56. The average molecular weight is 701 g/mol. The smallest absolute Gasteiger partial charge is 0.251 e. The summed E-state index contributed by atoms with van der Waals surface area (Å²) in [6.07, 6.45) is 3.02. The van der Waals surface area contributed by atoms with E-state index in [1.165, 1.54) is 31.1 Å². The van der Waals surface area contributed by atoms with Crippen molar-refractivity contribution in [1.29, 1.82) is 0 Å². The number of sulfonamides is 1. The second-order valence-corrected chi connectivity index (χ2v) is 16.8. The Morgan fingerprint density at radius 2 is 1.90 bits per heavy atom. The van der Waals surface area contributed by atoms with Crippen LogP contribution in [0.4, 0.5) is 11.6 Å². The summed E-state index contributed by atoms with van der Waals surface area (Å²) in [6, 6.07) is 12.0. The maximum Gasteiger partial charge on any atom is 0.251 e. The first-order valence-corrected chi connectivity index (χ1v) is 18.2. The van der Waals surface area contributed by atoms with Gasteiger partial charge in [-0.3, -0.25) is 14.1 Å². The van der Waals surface area contributed by atoms with E-state index in [-0.39, 0.29) is 29.9 Å². The minimum atomic E-state index is -3.71. The molecule has 11 nitrogen and oxygen atoms in total. The van der Waals surface area contributed by atoms with Gasteiger partial charge in [0.25, 0.3) is 5.91 Å². The molecule has 4 unspecified atom stereocenters. The van der Waals surface area contributed by atoms with E-state index in [0.29, 0.717) is 41.5 Å². The molecule has 0 aliphatic heterocycles. The lowest BCUT2D eigenvalue weighted by Crippen LogP contribution is -2.50. The molecule has 4 atom stereocenters. The number of nitrogens with one attached hydrogen (secondary N) is 3. The number of halogens is 1. The number of rotatable bonds is 16. The third kappa shape index (κ3) is 10.3. The van der Waals surface area contributed by atoms with Gasteiger partial charge in [-0.1, -0.05) is 63.6 Å². The summed E-state index contributed by atoms with van der Waals surface area (Å²) in [4.78, 5) is 22.4. The standard InChI is InChI=1S/C35H49ClN6O5S/c1-22(2)48(45,46)42(7)33-14-25(13-32(41-33)39-17-26-11-23(26)3)34(44)40-30(21-47-29-15-28(36)18-38-19-29)31(43)20-37-16-24-9-8-10-27(12-24)35(4,5)6/h8-10,12-15,18-19,22-23,26,30-31,37,43H,11,16-17,20-21H2,1-7H3,(H,39,41)(H,40,44). The van der Waals surface area contributed by atoms with Crippen LogP contribution >= 0.6 is 11.6 Å². The van der Waals surface area contributed by atoms with Gasteiger partial charge < -0.3 is 25.8 Å². The number of anilines is 2. The Kier molecular flexibility index (Phi) is 12.3. The fourth-order valence-electron chi connectivity index (χ4n) is 5.08. The zero-order valence-electron chi connectivity index (χ0n) is 28.8. The zero-order chi connectivity index (χ0) is 35.2. The molecule has 0 saturated heterocycles. The fourth-order valence-corrected chi connectivity index (χ4v) is 6.23. The topological polar surface area (TPSA) is 146 Å². The molecule has 1 aliphatic rings. The van der Waals surface area contributed by atoms with Crippen molar-refractivity contribution in [2.24, 2.45) is 11.8 Å². The molecule has 13 heteroatoms. The lowest BCUT2D eigenvalue weighted by atomic mass is 9.86. The van der Waals surface area contributed by atoms with Crippen LogP contribution in [0.5, 0.6) is 5.75 Å². The van der Waals surface area contributed by atoms with Crippen molar-refractivity contribution in [3.05, 3.63) is 76.6 Å². The predicted molar refractivity (Wildman–Crippen MR) is 191 cm³/mol. The van der Waals surface area contributed by atoms with Crippen LogP contribution in [0.1, 0.15) is 69.4 Å². The van der Waals surface area contributed by atoms with E-state index >= 15 is 0 Å². The van der Waals surface area contributed by atoms with Gasteiger partial charge in [-0.2, -0.15) is 0 Å². The van der Waals surface area contributed by atoms with Crippen molar-refractivity contribution in [3.8, 4) is 5.75 Å². The molecule has 1 aromatic carbocycles. The van der Waals surface area contributed by atoms with Crippen LogP contribution in [-0.2, 0) is 22.0 Å². The normalized spacial score (nSPS) is 17.5. The minimum Gasteiger partial charge on any atom is -0.490 e. The number of amides is 1. The highest BCUT2D eigenvalue weighted by molar-refractivity contribution is 7.93. The van der Waals surface area contributed by atoms with Gasteiger partial charge in [0.15, 0.2) is 0 Å². The molecule has 2 heterocycles. The van der Waals surface area contributed by atoms with Crippen molar-refractivity contribution < 1.29 is 23.1 Å². The van der Waals surface area contributed by atoms with Crippen molar-refractivity contribution in [3.63, 3.8) is 0 Å². The third-order valence-corrected chi connectivity index (χ3v) is 10.9. The number of hydrogen-bond donors (Lipinski definition) is 4. The van der Waals surface area contributed by atoms with E-state index in [1.54, 1.807) is 26.0 Å². The van der Waals surface area contributed by atoms with E-state index in [4.69, 9.17) is 16.3 Å². The van der Waals surface area contributed by atoms with E-state index in [0.717, 1.165) is 16.3 Å². The molecular weight excluding hydrogens is 652 g/mol. The number of pyridine rings is 2. The number of nitrogens with zero attached hydrogens (tertiary/aromatic N) is 3. The molecule has 1 saturated carbocycles.